The molecule has 1 N–H and O–H groups in total. The predicted octanol–water partition coefficient (Wildman–Crippen LogP) is 3.58. The summed E-state index contributed by atoms with van der Waals surface area (Å²) in [4.78, 5) is 25.7. The summed E-state index contributed by atoms with van der Waals surface area (Å²) in [6, 6.07) is 5.25. The first-order valence-electron chi connectivity index (χ1n) is 9.30. The molecule has 29 heavy (non-hydrogen) atoms. The van der Waals surface area contributed by atoms with E-state index in [0.717, 1.165) is 12.8 Å². The summed E-state index contributed by atoms with van der Waals surface area (Å²) in [6.45, 7) is 3.53. The zero-order valence-corrected chi connectivity index (χ0v) is 17.7. The number of esters is 1. The number of thiophene rings is 1. The number of ether oxygens (including phenoxy) is 3. The molecular formula is C21H24N2O5S. The van der Waals surface area contributed by atoms with Crippen LogP contribution in [0.1, 0.15) is 45.9 Å². The average Bonchev–Trinajstić information content (AvgIpc) is 3.11. The summed E-state index contributed by atoms with van der Waals surface area (Å²) in [5.74, 6) is 0.792. The minimum atomic E-state index is -0.483. The highest BCUT2D eigenvalue weighted by molar-refractivity contribution is 7.14. The highest BCUT2D eigenvalue weighted by Crippen LogP contribution is 2.38. The number of hydrogen-bond acceptors (Lipinski definition) is 7. The summed E-state index contributed by atoms with van der Waals surface area (Å²) in [6.07, 6.45) is 4.71. The SMILES string of the molecule is COc1cc(/C=N\NC(=O)c2cc3c(s2)CC[C@H](C)C3)cc(OC)c1OC(C)=O. The summed E-state index contributed by atoms with van der Waals surface area (Å²) >= 11 is 1.54. The lowest BCUT2D eigenvalue weighted by Crippen LogP contribution is -2.16. The van der Waals surface area contributed by atoms with E-state index in [-0.39, 0.29) is 11.7 Å². The highest BCUT2D eigenvalue weighted by Gasteiger charge is 2.20. The van der Waals surface area contributed by atoms with Crippen LogP contribution < -0.4 is 19.6 Å². The fourth-order valence-corrected chi connectivity index (χ4v) is 4.36. The van der Waals surface area contributed by atoms with Crippen molar-refractivity contribution >= 4 is 29.4 Å². The van der Waals surface area contributed by atoms with Crippen LogP contribution in [0, 0.1) is 5.92 Å². The number of amides is 1. The van der Waals surface area contributed by atoms with Gasteiger partial charge in [0.2, 0.25) is 5.75 Å². The fraction of sp³-hybridized carbons (Fsp3) is 0.381. The van der Waals surface area contributed by atoms with Crippen LogP contribution in [0.2, 0.25) is 0 Å². The Morgan fingerprint density at radius 1 is 1.21 bits per heavy atom. The van der Waals surface area contributed by atoms with Crippen LogP contribution in [-0.4, -0.2) is 32.3 Å². The molecule has 0 saturated carbocycles. The molecule has 0 bridgehead atoms. The molecular weight excluding hydrogens is 392 g/mol. The number of benzene rings is 1. The van der Waals surface area contributed by atoms with Crippen LogP contribution in [0.25, 0.3) is 0 Å². The van der Waals surface area contributed by atoms with E-state index in [1.54, 1.807) is 12.1 Å². The molecule has 8 heteroatoms. The van der Waals surface area contributed by atoms with Gasteiger partial charge in [-0.2, -0.15) is 5.10 Å². The molecule has 1 aliphatic carbocycles. The molecule has 1 aromatic heterocycles. The van der Waals surface area contributed by atoms with E-state index in [0.29, 0.717) is 27.9 Å². The molecule has 0 fully saturated rings. The Bertz CT molecular complexity index is 926. The van der Waals surface area contributed by atoms with Gasteiger partial charge in [-0.05, 0) is 48.9 Å². The van der Waals surface area contributed by atoms with Gasteiger partial charge in [0.15, 0.2) is 11.5 Å². The lowest BCUT2D eigenvalue weighted by Gasteiger charge is -2.16. The minimum Gasteiger partial charge on any atom is -0.493 e. The lowest BCUT2D eigenvalue weighted by molar-refractivity contribution is -0.132. The average molecular weight is 416 g/mol. The maximum absolute atomic E-state index is 12.4. The van der Waals surface area contributed by atoms with Crippen molar-refractivity contribution < 1.29 is 23.8 Å². The van der Waals surface area contributed by atoms with E-state index in [4.69, 9.17) is 14.2 Å². The van der Waals surface area contributed by atoms with Gasteiger partial charge in [0.1, 0.15) is 0 Å². The standard InChI is InChI=1S/C21H24N2O5S/c1-12-5-6-18-15(7-12)10-19(29-18)21(25)23-22-11-14-8-16(26-3)20(28-13(2)24)17(9-14)27-4/h8-12H,5-7H2,1-4H3,(H,23,25)/b22-11-/t12-/m0/s1. The van der Waals surface area contributed by atoms with Crippen molar-refractivity contribution in [1.29, 1.82) is 0 Å². The summed E-state index contributed by atoms with van der Waals surface area (Å²) in [7, 11) is 2.92. The van der Waals surface area contributed by atoms with Gasteiger partial charge in [0.25, 0.3) is 5.91 Å². The Morgan fingerprint density at radius 2 is 1.90 bits per heavy atom. The number of aryl methyl sites for hydroxylation is 1. The molecule has 1 atom stereocenters. The molecule has 7 nitrogen and oxygen atoms in total. The van der Waals surface area contributed by atoms with Crippen molar-refractivity contribution in [2.24, 2.45) is 11.0 Å². The molecule has 1 aliphatic rings. The Morgan fingerprint density at radius 3 is 2.52 bits per heavy atom. The number of carbonyl (C=O) groups excluding carboxylic acids is 2. The zero-order valence-electron chi connectivity index (χ0n) is 16.9. The van der Waals surface area contributed by atoms with Crippen molar-refractivity contribution in [3.8, 4) is 17.2 Å². The Balaban J connectivity index is 1.73. The number of hydrogen-bond donors (Lipinski definition) is 1. The van der Waals surface area contributed by atoms with Gasteiger partial charge < -0.3 is 14.2 Å². The Hall–Kier alpha value is -2.87. The van der Waals surface area contributed by atoms with E-state index >= 15 is 0 Å². The summed E-state index contributed by atoms with van der Waals surface area (Å²) in [5, 5.41) is 4.04. The van der Waals surface area contributed by atoms with Crippen molar-refractivity contribution in [3.05, 3.63) is 39.1 Å². The van der Waals surface area contributed by atoms with Crippen LogP contribution >= 0.6 is 11.3 Å². The number of nitrogens with one attached hydrogen (secondary N) is 1. The molecule has 0 radical (unpaired) electrons. The van der Waals surface area contributed by atoms with E-state index < -0.39 is 5.97 Å². The number of nitrogens with zero attached hydrogens (tertiary/aromatic N) is 1. The highest BCUT2D eigenvalue weighted by atomic mass is 32.1. The number of rotatable bonds is 6. The van der Waals surface area contributed by atoms with Gasteiger partial charge >= 0.3 is 5.97 Å². The van der Waals surface area contributed by atoms with Crippen LogP contribution in [0.5, 0.6) is 17.2 Å². The third-order valence-electron chi connectivity index (χ3n) is 4.66. The number of hydrazone groups is 1. The monoisotopic (exact) mass is 416 g/mol. The second-order valence-corrected chi connectivity index (χ2v) is 8.09. The van der Waals surface area contributed by atoms with E-state index in [1.807, 2.05) is 6.07 Å². The molecule has 1 aromatic carbocycles. The van der Waals surface area contributed by atoms with Crippen molar-refractivity contribution in [2.45, 2.75) is 33.1 Å². The van der Waals surface area contributed by atoms with Gasteiger partial charge in [0.05, 0.1) is 25.3 Å². The number of methoxy groups -OCH3 is 2. The smallest absolute Gasteiger partial charge is 0.308 e. The fourth-order valence-electron chi connectivity index (χ4n) is 3.26. The van der Waals surface area contributed by atoms with Crippen molar-refractivity contribution in [3.63, 3.8) is 0 Å². The van der Waals surface area contributed by atoms with Crippen LogP contribution in [0.3, 0.4) is 0 Å². The molecule has 1 heterocycles. The summed E-state index contributed by atoms with van der Waals surface area (Å²) in [5.41, 5.74) is 4.46. The summed E-state index contributed by atoms with van der Waals surface area (Å²) < 4.78 is 15.7. The molecule has 154 valence electrons. The van der Waals surface area contributed by atoms with Crippen molar-refractivity contribution in [2.75, 3.05) is 14.2 Å². The molecule has 0 saturated heterocycles. The van der Waals surface area contributed by atoms with Crippen molar-refractivity contribution in [1.82, 2.24) is 5.43 Å². The molecule has 0 unspecified atom stereocenters. The van der Waals surface area contributed by atoms with E-state index in [1.165, 1.54) is 55.6 Å². The molecule has 2 aromatic rings. The first kappa shape index (κ1) is 20.9. The lowest BCUT2D eigenvalue weighted by atomic mass is 9.90. The van der Waals surface area contributed by atoms with Gasteiger partial charge in [-0.25, -0.2) is 5.43 Å². The first-order chi connectivity index (χ1) is 13.9. The molecule has 3 rings (SSSR count). The zero-order chi connectivity index (χ0) is 21.0. The van der Waals surface area contributed by atoms with Crippen LogP contribution in [-0.2, 0) is 17.6 Å². The first-order valence-corrected chi connectivity index (χ1v) is 10.1. The minimum absolute atomic E-state index is 0.196. The van der Waals surface area contributed by atoms with E-state index in [2.05, 4.69) is 17.5 Å². The molecule has 0 spiro atoms. The van der Waals surface area contributed by atoms with Crippen LogP contribution in [0.15, 0.2) is 23.3 Å². The van der Waals surface area contributed by atoms with Gasteiger partial charge in [-0.3, -0.25) is 9.59 Å². The third-order valence-corrected chi connectivity index (χ3v) is 5.90. The molecule has 0 aliphatic heterocycles. The third kappa shape index (κ3) is 4.95. The second-order valence-electron chi connectivity index (χ2n) is 6.95. The van der Waals surface area contributed by atoms with E-state index in [9.17, 15) is 9.59 Å². The predicted molar refractivity (Wildman–Crippen MR) is 111 cm³/mol. The van der Waals surface area contributed by atoms with Gasteiger partial charge in [-0.15, -0.1) is 11.3 Å². The van der Waals surface area contributed by atoms with Crippen LogP contribution in [0.4, 0.5) is 0 Å². The number of carbonyl (C=O) groups is 2. The van der Waals surface area contributed by atoms with Gasteiger partial charge in [-0.1, -0.05) is 6.92 Å². The largest absolute Gasteiger partial charge is 0.493 e. The number of fused-ring (bicyclic) bond motifs is 1. The molecule has 1 amide bonds. The second kappa shape index (κ2) is 9.09. The Kier molecular flexibility index (Phi) is 6.53. The quantitative estimate of drug-likeness (QED) is 0.337. The Labute approximate surface area is 173 Å². The normalized spacial score (nSPS) is 15.7. The van der Waals surface area contributed by atoms with Gasteiger partial charge in [0, 0.05) is 17.4 Å². The maximum Gasteiger partial charge on any atom is 0.308 e. The maximum atomic E-state index is 12.4. The topological polar surface area (TPSA) is 86.2 Å².